The molecule has 0 saturated heterocycles. The van der Waals surface area contributed by atoms with E-state index in [0.717, 1.165) is 4.47 Å². The van der Waals surface area contributed by atoms with Crippen molar-refractivity contribution in [3.63, 3.8) is 0 Å². The van der Waals surface area contributed by atoms with Gasteiger partial charge in [-0.15, -0.1) is 0 Å². The highest BCUT2D eigenvalue weighted by Gasteiger charge is 2.32. The largest absolute Gasteiger partial charge is 0.379 e. The number of rotatable bonds is 5. The van der Waals surface area contributed by atoms with Crippen molar-refractivity contribution in [2.75, 3.05) is 7.11 Å². The summed E-state index contributed by atoms with van der Waals surface area (Å²) in [4.78, 5) is 0. The predicted octanol–water partition coefficient (Wildman–Crippen LogP) is 3.02. The Morgan fingerprint density at radius 2 is 2.05 bits per heavy atom. The monoisotopic (exact) mass is 332 g/mol. The Morgan fingerprint density at radius 1 is 1.42 bits per heavy atom. The number of methoxy groups -OCH3 is 1. The molecule has 0 spiro atoms. The van der Waals surface area contributed by atoms with Crippen LogP contribution in [0.5, 0.6) is 0 Å². The van der Waals surface area contributed by atoms with E-state index in [1.807, 2.05) is 6.07 Å². The van der Waals surface area contributed by atoms with Gasteiger partial charge in [0.1, 0.15) is 5.82 Å². The maximum atomic E-state index is 13.9. The van der Waals surface area contributed by atoms with Crippen LogP contribution in [0, 0.1) is 11.2 Å². The van der Waals surface area contributed by atoms with Gasteiger partial charge < -0.3 is 4.74 Å². The lowest BCUT2D eigenvalue weighted by Crippen LogP contribution is -2.51. The number of hydrazine groups is 1. The van der Waals surface area contributed by atoms with Crippen LogP contribution in [0.1, 0.15) is 26.3 Å². The Kier molecular flexibility index (Phi) is 5.92. The molecular formula is C14H22BrFN2O. The molecule has 2 unspecified atom stereocenters. The first-order chi connectivity index (χ1) is 8.79. The highest BCUT2D eigenvalue weighted by Crippen LogP contribution is 2.27. The maximum Gasteiger partial charge on any atom is 0.127 e. The summed E-state index contributed by atoms with van der Waals surface area (Å²) in [5, 5.41) is 0. The average Bonchev–Trinajstić information content (AvgIpc) is 2.30. The lowest BCUT2D eigenvalue weighted by atomic mass is 9.82. The van der Waals surface area contributed by atoms with Gasteiger partial charge in [0.15, 0.2) is 0 Å². The highest BCUT2D eigenvalue weighted by molar-refractivity contribution is 9.10. The van der Waals surface area contributed by atoms with Crippen LogP contribution < -0.4 is 11.3 Å². The van der Waals surface area contributed by atoms with Gasteiger partial charge in [-0.3, -0.25) is 11.3 Å². The van der Waals surface area contributed by atoms with Crippen LogP contribution in [0.25, 0.3) is 0 Å². The predicted molar refractivity (Wildman–Crippen MR) is 79.2 cm³/mol. The molecule has 0 aliphatic rings. The third-order valence-corrected chi connectivity index (χ3v) is 3.64. The zero-order valence-electron chi connectivity index (χ0n) is 11.8. The summed E-state index contributed by atoms with van der Waals surface area (Å²) in [5.74, 6) is 5.37. The van der Waals surface area contributed by atoms with Crippen LogP contribution in [0.4, 0.5) is 4.39 Å². The molecule has 0 aromatic heterocycles. The van der Waals surface area contributed by atoms with Crippen molar-refractivity contribution in [2.24, 2.45) is 11.3 Å². The first kappa shape index (κ1) is 16.6. The van der Waals surface area contributed by atoms with Crippen LogP contribution in [0.15, 0.2) is 22.7 Å². The van der Waals surface area contributed by atoms with Crippen molar-refractivity contribution in [2.45, 2.75) is 39.3 Å². The molecule has 0 radical (unpaired) electrons. The van der Waals surface area contributed by atoms with E-state index >= 15 is 0 Å². The Hall–Kier alpha value is -0.490. The molecule has 0 heterocycles. The summed E-state index contributed by atoms with van der Waals surface area (Å²) in [6, 6.07) is 4.90. The summed E-state index contributed by atoms with van der Waals surface area (Å²) in [7, 11) is 1.65. The van der Waals surface area contributed by atoms with E-state index < -0.39 is 0 Å². The van der Waals surface area contributed by atoms with Crippen molar-refractivity contribution in [1.29, 1.82) is 0 Å². The molecule has 1 aromatic rings. The highest BCUT2D eigenvalue weighted by atomic mass is 79.9. The zero-order valence-corrected chi connectivity index (χ0v) is 13.4. The average molecular weight is 333 g/mol. The summed E-state index contributed by atoms with van der Waals surface area (Å²) in [6.45, 7) is 6.22. The fourth-order valence-corrected chi connectivity index (χ4v) is 2.63. The van der Waals surface area contributed by atoms with Gasteiger partial charge in [0, 0.05) is 11.6 Å². The van der Waals surface area contributed by atoms with E-state index in [1.165, 1.54) is 6.07 Å². The molecule has 0 aliphatic heterocycles. The van der Waals surface area contributed by atoms with E-state index in [2.05, 4.69) is 42.1 Å². The first-order valence-corrected chi connectivity index (χ1v) is 7.01. The van der Waals surface area contributed by atoms with Gasteiger partial charge in [0.25, 0.3) is 0 Å². The van der Waals surface area contributed by atoms with Crippen molar-refractivity contribution < 1.29 is 9.13 Å². The second kappa shape index (κ2) is 6.79. The van der Waals surface area contributed by atoms with Gasteiger partial charge in [-0.2, -0.15) is 0 Å². The van der Waals surface area contributed by atoms with E-state index in [1.54, 1.807) is 13.2 Å². The molecule has 0 bridgehead atoms. The van der Waals surface area contributed by atoms with Crippen molar-refractivity contribution in [3.05, 3.63) is 34.1 Å². The molecule has 0 saturated carbocycles. The number of benzene rings is 1. The van der Waals surface area contributed by atoms with Gasteiger partial charge >= 0.3 is 0 Å². The normalized spacial score (nSPS) is 15.3. The van der Waals surface area contributed by atoms with E-state index in [4.69, 9.17) is 10.6 Å². The van der Waals surface area contributed by atoms with Crippen LogP contribution in [0.3, 0.4) is 0 Å². The molecule has 0 fully saturated rings. The smallest absolute Gasteiger partial charge is 0.127 e. The summed E-state index contributed by atoms with van der Waals surface area (Å²) in [6.07, 6.45) is 0.367. The fourth-order valence-electron chi connectivity index (χ4n) is 2.30. The third-order valence-electron chi connectivity index (χ3n) is 3.14. The number of hydrogen-bond acceptors (Lipinski definition) is 3. The molecule has 0 aliphatic carbocycles. The van der Waals surface area contributed by atoms with Crippen LogP contribution >= 0.6 is 15.9 Å². The Morgan fingerprint density at radius 3 is 2.47 bits per heavy atom. The molecule has 1 aromatic carbocycles. The second-order valence-electron chi connectivity index (χ2n) is 5.74. The number of nitrogens with two attached hydrogens (primary N) is 1. The molecule has 0 amide bonds. The van der Waals surface area contributed by atoms with Crippen molar-refractivity contribution in [1.82, 2.24) is 5.43 Å². The van der Waals surface area contributed by atoms with Gasteiger partial charge in [-0.05, 0) is 29.5 Å². The molecule has 108 valence electrons. The first-order valence-electron chi connectivity index (χ1n) is 6.22. The second-order valence-corrected chi connectivity index (χ2v) is 6.65. The molecule has 19 heavy (non-hydrogen) atoms. The Balaban J connectivity index is 2.92. The minimum atomic E-state index is -0.238. The molecule has 3 N–H and O–H groups in total. The van der Waals surface area contributed by atoms with Gasteiger partial charge in [0.05, 0.1) is 12.1 Å². The third kappa shape index (κ3) is 4.53. The van der Waals surface area contributed by atoms with Gasteiger partial charge in [-0.1, -0.05) is 42.8 Å². The summed E-state index contributed by atoms with van der Waals surface area (Å²) >= 11 is 3.25. The molecule has 5 heteroatoms. The lowest BCUT2D eigenvalue weighted by Gasteiger charge is -2.35. The van der Waals surface area contributed by atoms with Crippen LogP contribution in [-0.4, -0.2) is 19.3 Å². The van der Waals surface area contributed by atoms with Crippen molar-refractivity contribution in [3.8, 4) is 0 Å². The van der Waals surface area contributed by atoms with E-state index in [9.17, 15) is 4.39 Å². The fraction of sp³-hybridized carbons (Fsp3) is 0.571. The SMILES string of the molecule is COC(C(Cc1ccc(Br)cc1F)NN)C(C)(C)C. The van der Waals surface area contributed by atoms with Crippen LogP contribution in [0.2, 0.25) is 0 Å². The standard InChI is InChI=1S/C14H22BrFN2O/c1-14(2,3)13(19-4)12(18-17)7-9-5-6-10(15)8-11(9)16/h5-6,8,12-13,18H,7,17H2,1-4H3. The molecule has 2 atom stereocenters. The topological polar surface area (TPSA) is 47.3 Å². The summed E-state index contributed by atoms with van der Waals surface area (Å²) in [5.41, 5.74) is 3.28. The molecule has 3 nitrogen and oxygen atoms in total. The minimum absolute atomic E-state index is 0.0857. The zero-order chi connectivity index (χ0) is 14.6. The number of nitrogens with one attached hydrogen (secondary N) is 1. The van der Waals surface area contributed by atoms with Crippen LogP contribution in [-0.2, 0) is 11.2 Å². The van der Waals surface area contributed by atoms with Crippen molar-refractivity contribution >= 4 is 15.9 Å². The lowest BCUT2D eigenvalue weighted by molar-refractivity contribution is -0.0112. The Bertz CT molecular complexity index is 420. The van der Waals surface area contributed by atoms with E-state index in [0.29, 0.717) is 12.0 Å². The minimum Gasteiger partial charge on any atom is -0.379 e. The Labute approximate surface area is 122 Å². The maximum absolute atomic E-state index is 13.9. The number of halogens is 2. The molecule has 1 rings (SSSR count). The number of hydrogen-bond donors (Lipinski definition) is 2. The van der Waals surface area contributed by atoms with Gasteiger partial charge in [0.2, 0.25) is 0 Å². The molecular weight excluding hydrogens is 311 g/mol. The van der Waals surface area contributed by atoms with E-state index in [-0.39, 0.29) is 23.4 Å². The van der Waals surface area contributed by atoms with Gasteiger partial charge in [-0.25, -0.2) is 4.39 Å². The quantitative estimate of drug-likeness (QED) is 0.643. The summed E-state index contributed by atoms with van der Waals surface area (Å²) < 4.78 is 20.1. The number of ether oxygens (including phenoxy) is 1.